The van der Waals surface area contributed by atoms with E-state index in [-0.39, 0.29) is 35.4 Å². The van der Waals surface area contributed by atoms with Gasteiger partial charge in [0, 0.05) is 80.5 Å². The summed E-state index contributed by atoms with van der Waals surface area (Å²) in [4.78, 5) is 35.0. The zero-order valence-electron chi connectivity index (χ0n) is 25.6. The Morgan fingerprint density at radius 3 is 2.26 bits per heavy atom. The Morgan fingerprint density at radius 1 is 1.02 bits per heavy atom. The van der Waals surface area contributed by atoms with Gasteiger partial charge in [0.1, 0.15) is 11.6 Å². The van der Waals surface area contributed by atoms with Gasteiger partial charge in [-0.25, -0.2) is 8.78 Å². The number of likely N-dealkylation sites (tertiary alicyclic amines) is 1. The van der Waals surface area contributed by atoms with Crippen molar-refractivity contribution in [3.63, 3.8) is 0 Å². The molecule has 3 atom stereocenters. The quantitative estimate of drug-likeness (QED) is 0.398. The third kappa shape index (κ3) is 6.16. The molecule has 3 fully saturated rings. The molecule has 2 saturated heterocycles. The van der Waals surface area contributed by atoms with Crippen molar-refractivity contribution in [2.75, 3.05) is 44.2 Å². The molecule has 228 valence electrons. The summed E-state index contributed by atoms with van der Waals surface area (Å²) in [5.41, 5.74) is 3.26. The summed E-state index contributed by atoms with van der Waals surface area (Å²) in [6, 6.07) is 7.98. The number of halogens is 3. The minimum atomic E-state index is -0.616. The molecule has 1 unspecified atom stereocenters. The topological polar surface area (TPSA) is 47.1 Å². The molecule has 1 saturated carbocycles. The molecule has 1 aliphatic carbocycles. The van der Waals surface area contributed by atoms with Gasteiger partial charge in [-0.1, -0.05) is 23.7 Å². The molecule has 0 spiro atoms. The van der Waals surface area contributed by atoms with Crippen LogP contribution in [-0.2, 0) is 9.59 Å². The van der Waals surface area contributed by atoms with Gasteiger partial charge in [-0.05, 0) is 76.3 Å². The van der Waals surface area contributed by atoms with Gasteiger partial charge in [0.05, 0.1) is 12.0 Å². The number of carbonyl (C=O) groups is 2. The van der Waals surface area contributed by atoms with Gasteiger partial charge in [-0.3, -0.25) is 14.5 Å². The lowest BCUT2D eigenvalue weighted by atomic mass is 9.87. The standard InChI is InChI=1S/C33H43ClF2N4O2/c1-20-15-26(21(2)40(22(3)41)24-8-9-24)31(17-29(20)34)37-11-13-38(14-12-37)32(42)28-19-39(33(4,5)6)18-27(28)25-10-7-23(35)16-30(25)36/h7,10,15-17,21,24,27-28H,8-9,11-14,18-19H2,1-6H3/t21?,27-,28+/m0/s1. The van der Waals surface area contributed by atoms with Crippen molar-refractivity contribution in [1.29, 1.82) is 0 Å². The van der Waals surface area contributed by atoms with E-state index < -0.39 is 17.6 Å². The summed E-state index contributed by atoms with van der Waals surface area (Å²) >= 11 is 6.61. The molecule has 42 heavy (non-hydrogen) atoms. The summed E-state index contributed by atoms with van der Waals surface area (Å²) in [7, 11) is 0. The first-order valence-electron chi connectivity index (χ1n) is 15.1. The molecule has 2 aromatic rings. The molecule has 6 nitrogen and oxygen atoms in total. The van der Waals surface area contributed by atoms with Crippen molar-refractivity contribution in [2.24, 2.45) is 5.92 Å². The molecule has 5 rings (SSSR count). The monoisotopic (exact) mass is 600 g/mol. The lowest BCUT2D eigenvalue weighted by molar-refractivity contribution is -0.136. The maximum atomic E-state index is 14.9. The van der Waals surface area contributed by atoms with Crippen LogP contribution in [0, 0.1) is 24.5 Å². The lowest BCUT2D eigenvalue weighted by Gasteiger charge is -2.40. The molecular weight excluding hydrogens is 558 g/mol. The van der Waals surface area contributed by atoms with Crippen molar-refractivity contribution in [2.45, 2.75) is 77.9 Å². The zero-order valence-corrected chi connectivity index (χ0v) is 26.3. The van der Waals surface area contributed by atoms with Crippen LogP contribution < -0.4 is 4.90 Å². The van der Waals surface area contributed by atoms with Crippen LogP contribution in [0.15, 0.2) is 30.3 Å². The maximum Gasteiger partial charge on any atom is 0.227 e. The molecule has 9 heteroatoms. The van der Waals surface area contributed by atoms with Crippen molar-refractivity contribution in [3.05, 3.63) is 63.7 Å². The summed E-state index contributed by atoms with van der Waals surface area (Å²) in [6.07, 6.45) is 2.06. The molecule has 0 radical (unpaired) electrons. The first-order chi connectivity index (χ1) is 19.8. The SMILES string of the molecule is CC(=O)N(C1CC1)C(C)c1cc(C)c(Cl)cc1N1CCN(C(=O)[C@@H]2CN(C(C)(C)C)C[C@H]2c2ccc(F)cc2F)CC1. The van der Waals surface area contributed by atoms with Crippen LogP contribution >= 0.6 is 11.6 Å². The van der Waals surface area contributed by atoms with Crippen molar-refractivity contribution in [1.82, 2.24) is 14.7 Å². The van der Waals surface area contributed by atoms with Crippen molar-refractivity contribution >= 4 is 29.1 Å². The molecule has 0 N–H and O–H groups in total. The summed E-state index contributed by atoms with van der Waals surface area (Å²) in [5.74, 6) is -1.88. The molecule has 2 heterocycles. The van der Waals surface area contributed by atoms with Gasteiger partial charge in [-0.2, -0.15) is 0 Å². The predicted octanol–water partition coefficient (Wildman–Crippen LogP) is 6.16. The first-order valence-corrected chi connectivity index (χ1v) is 15.5. The number of aryl methyl sites for hydroxylation is 1. The van der Waals surface area contributed by atoms with E-state index in [0.29, 0.717) is 49.9 Å². The summed E-state index contributed by atoms with van der Waals surface area (Å²) in [6.45, 7) is 15.4. The Balaban J connectivity index is 1.35. The lowest BCUT2D eigenvalue weighted by Crippen LogP contribution is -2.51. The van der Waals surface area contributed by atoms with Gasteiger partial charge in [0.2, 0.25) is 11.8 Å². The van der Waals surface area contributed by atoms with Crippen molar-refractivity contribution < 1.29 is 18.4 Å². The minimum Gasteiger partial charge on any atom is -0.368 e. The zero-order chi connectivity index (χ0) is 30.5. The average molecular weight is 601 g/mol. The van der Waals surface area contributed by atoms with Crippen LogP contribution in [0.1, 0.15) is 76.1 Å². The third-order valence-electron chi connectivity index (χ3n) is 9.36. The van der Waals surface area contributed by atoms with Crippen LogP contribution in [0.4, 0.5) is 14.5 Å². The second-order valence-corrected chi connectivity index (χ2v) is 13.7. The molecular formula is C33H43ClF2N4O2. The van der Waals surface area contributed by atoms with E-state index in [1.54, 1.807) is 6.92 Å². The molecule has 0 bridgehead atoms. The van der Waals surface area contributed by atoms with E-state index in [0.717, 1.165) is 35.7 Å². The predicted molar refractivity (Wildman–Crippen MR) is 163 cm³/mol. The average Bonchev–Trinajstić information content (AvgIpc) is 3.64. The van der Waals surface area contributed by atoms with Gasteiger partial charge < -0.3 is 14.7 Å². The highest BCUT2D eigenvalue weighted by molar-refractivity contribution is 6.31. The minimum absolute atomic E-state index is 0.0159. The van der Waals surface area contributed by atoms with Gasteiger partial charge in [0.25, 0.3) is 0 Å². The van der Waals surface area contributed by atoms with Crippen LogP contribution in [-0.4, -0.2) is 77.4 Å². The largest absolute Gasteiger partial charge is 0.368 e. The maximum absolute atomic E-state index is 14.9. The van der Waals surface area contributed by atoms with Crippen LogP contribution in [0.25, 0.3) is 0 Å². The number of carbonyl (C=O) groups excluding carboxylic acids is 2. The fourth-order valence-electron chi connectivity index (χ4n) is 6.77. The number of piperazine rings is 1. The van der Waals surface area contributed by atoms with E-state index >= 15 is 0 Å². The van der Waals surface area contributed by atoms with Crippen molar-refractivity contribution in [3.8, 4) is 0 Å². The van der Waals surface area contributed by atoms with E-state index in [2.05, 4.69) is 43.6 Å². The first kappa shape index (κ1) is 30.7. The van der Waals surface area contributed by atoms with E-state index in [1.165, 1.54) is 12.1 Å². The van der Waals surface area contributed by atoms with Gasteiger partial charge in [-0.15, -0.1) is 0 Å². The molecule has 3 aliphatic rings. The third-order valence-corrected chi connectivity index (χ3v) is 9.77. The summed E-state index contributed by atoms with van der Waals surface area (Å²) < 4.78 is 28.7. The molecule has 0 aromatic heterocycles. The smallest absolute Gasteiger partial charge is 0.227 e. The van der Waals surface area contributed by atoms with Crippen LogP contribution in [0.2, 0.25) is 5.02 Å². The number of rotatable bonds is 6. The Labute approximate surface area is 253 Å². The number of nitrogens with zero attached hydrogens (tertiary/aromatic N) is 4. The normalized spacial score (nSPS) is 22.4. The Bertz CT molecular complexity index is 1350. The number of hydrogen-bond acceptors (Lipinski definition) is 4. The number of anilines is 1. The van der Waals surface area contributed by atoms with Gasteiger partial charge in [0.15, 0.2) is 0 Å². The van der Waals surface area contributed by atoms with E-state index in [9.17, 15) is 18.4 Å². The second-order valence-electron chi connectivity index (χ2n) is 13.3. The number of hydrogen-bond donors (Lipinski definition) is 0. The fraction of sp³-hybridized carbons (Fsp3) is 0.576. The Hall–Kier alpha value is -2.71. The number of amides is 2. The molecule has 2 aliphatic heterocycles. The highest BCUT2D eigenvalue weighted by Crippen LogP contribution is 2.41. The number of benzene rings is 2. The second kappa shape index (κ2) is 11.8. The van der Waals surface area contributed by atoms with E-state index in [1.807, 2.05) is 22.8 Å². The van der Waals surface area contributed by atoms with Crippen LogP contribution in [0.5, 0.6) is 0 Å². The molecule has 2 aromatic carbocycles. The van der Waals surface area contributed by atoms with Gasteiger partial charge >= 0.3 is 0 Å². The molecule has 2 amide bonds. The highest BCUT2D eigenvalue weighted by Gasteiger charge is 2.45. The highest BCUT2D eigenvalue weighted by atomic mass is 35.5. The van der Waals surface area contributed by atoms with Crippen LogP contribution in [0.3, 0.4) is 0 Å². The Morgan fingerprint density at radius 2 is 1.69 bits per heavy atom. The fourth-order valence-corrected chi connectivity index (χ4v) is 6.93. The van der Waals surface area contributed by atoms with E-state index in [4.69, 9.17) is 11.6 Å². The summed E-state index contributed by atoms with van der Waals surface area (Å²) in [5, 5.41) is 0.678. The Kier molecular flexibility index (Phi) is 8.61.